The minimum absolute atomic E-state index is 0.199. The van der Waals surface area contributed by atoms with Crippen molar-refractivity contribution in [3.63, 3.8) is 0 Å². The van der Waals surface area contributed by atoms with Gasteiger partial charge < -0.3 is 9.38 Å². The SMILES string of the molecule is CCCc1c(C)c(C)c2c(=O)[nH]c3cc(C(F)(F)F)ccc3n12. The van der Waals surface area contributed by atoms with Crippen LogP contribution in [0.5, 0.6) is 0 Å². The minimum Gasteiger partial charge on any atom is -0.319 e. The maximum Gasteiger partial charge on any atom is 0.416 e. The van der Waals surface area contributed by atoms with Crippen LogP contribution >= 0.6 is 0 Å². The Kier molecular flexibility index (Phi) is 3.50. The van der Waals surface area contributed by atoms with Gasteiger partial charge in [0, 0.05) is 5.69 Å². The molecular formula is C17H17F3N2O. The highest BCUT2D eigenvalue weighted by Gasteiger charge is 2.31. The van der Waals surface area contributed by atoms with Gasteiger partial charge in [-0.1, -0.05) is 13.3 Å². The second-order valence-corrected chi connectivity index (χ2v) is 5.81. The molecule has 0 aliphatic heterocycles. The lowest BCUT2D eigenvalue weighted by molar-refractivity contribution is -0.137. The molecule has 0 radical (unpaired) electrons. The minimum atomic E-state index is -4.44. The number of aryl methyl sites for hydroxylation is 2. The molecule has 0 atom stereocenters. The molecule has 122 valence electrons. The van der Waals surface area contributed by atoms with Crippen molar-refractivity contribution < 1.29 is 13.2 Å². The van der Waals surface area contributed by atoms with E-state index in [2.05, 4.69) is 4.98 Å². The normalized spacial score (nSPS) is 12.4. The highest BCUT2D eigenvalue weighted by atomic mass is 19.4. The molecule has 0 spiro atoms. The molecule has 23 heavy (non-hydrogen) atoms. The van der Waals surface area contributed by atoms with Gasteiger partial charge in [-0.3, -0.25) is 4.79 Å². The molecule has 0 bridgehead atoms. The third-order valence-electron chi connectivity index (χ3n) is 4.36. The molecule has 0 amide bonds. The van der Waals surface area contributed by atoms with Crippen LogP contribution in [0.25, 0.3) is 16.6 Å². The molecule has 3 nitrogen and oxygen atoms in total. The van der Waals surface area contributed by atoms with Gasteiger partial charge in [0.25, 0.3) is 5.56 Å². The number of alkyl halides is 3. The van der Waals surface area contributed by atoms with Gasteiger partial charge in [-0.15, -0.1) is 0 Å². The molecule has 1 aromatic carbocycles. The smallest absolute Gasteiger partial charge is 0.319 e. The van der Waals surface area contributed by atoms with Gasteiger partial charge in [0.2, 0.25) is 0 Å². The average Bonchev–Trinajstić information content (AvgIpc) is 2.72. The van der Waals surface area contributed by atoms with Crippen molar-refractivity contribution in [1.82, 2.24) is 9.38 Å². The second kappa shape index (κ2) is 5.15. The standard InChI is InChI=1S/C17H17F3N2O/c1-4-5-13-9(2)10(3)15-16(23)21-12-8-11(17(18,19)20)6-7-14(12)22(13)15/h6-8H,4-5H2,1-3H3,(H,21,23). The second-order valence-electron chi connectivity index (χ2n) is 5.81. The lowest BCUT2D eigenvalue weighted by Crippen LogP contribution is -2.13. The predicted octanol–water partition coefficient (Wildman–Crippen LogP) is 4.37. The van der Waals surface area contributed by atoms with Crippen LogP contribution in [0.3, 0.4) is 0 Å². The average molecular weight is 322 g/mol. The van der Waals surface area contributed by atoms with E-state index in [1.54, 1.807) is 0 Å². The summed E-state index contributed by atoms with van der Waals surface area (Å²) in [7, 11) is 0. The Morgan fingerprint density at radius 1 is 1.17 bits per heavy atom. The fourth-order valence-electron chi connectivity index (χ4n) is 3.13. The van der Waals surface area contributed by atoms with Crippen LogP contribution in [-0.4, -0.2) is 9.38 Å². The van der Waals surface area contributed by atoms with Crippen molar-refractivity contribution in [3.05, 3.63) is 50.9 Å². The van der Waals surface area contributed by atoms with Crippen LogP contribution < -0.4 is 5.56 Å². The summed E-state index contributed by atoms with van der Waals surface area (Å²) in [5, 5.41) is 0. The first-order valence-electron chi connectivity index (χ1n) is 7.49. The largest absolute Gasteiger partial charge is 0.416 e. The Balaban J connectivity index is 2.47. The van der Waals surface area contributed by atoms with Gasteiger partial charge >= 0.3 is 6.18 Å². The van der Waals surface area contributed by atoms with E-state index in [-0.39, 0.29) is 11.1 Å². The van der Waals surface area contributed by atoms with Crippen LogP contribution in [0.4, 0.5) is 13.2 Å². The molecule has 2 aromatic heterocycles. The summed E-state index contributed by atoms with van der Waals surface area (Å²) in [4.78, 5) is 15.0. The third-order valence-corrected chi connectivity index (χ3v) is 4.36. The van der Waals surface area contributed by atoms with Crippen LogP contribution in [0.15, 0.2) is 23.0 Å². The summed E-state index contributed by atoms with van der Waals surface area (Å²) in [6.45, 7) is 5.85. The van der Waals surface area contributed by atoms with E-state index in [0.717, 1.165) is 41.8 Å². The number of hydrogen-bond donors (Lipinski definition) is 1. The monoisotopic (exact) mass is 322 g/mol. The molecule has 0 saturated heterocycles. The first kappa shape index (κ1) is 15.6. The Morgan fingerprint density at radius 3 is 2.48 bits per heavy atom. The number of aromatic nitrogens is 2. The fourth-order valence-corrected chi connectivity index (χ4v) is 3.13. The van der Waals surface area contributed by atoms with Gasteiger partial charge in [-0.2, -0.15) is 13.2 Å². The van der Waals surface area contributed by atoms with E-state index >= 15 is 0 Å². The molecule has 0 saturated carbocycles. The van der Waals surface area contributed by atoms with E-state index in [1.165, 1.54) is 6.07 Å². The van der Waals surface area contributed by atoms with Crippen molar-refractivity contribution in [3.8, 4) is 0 Å². The summed E-state index contributed by atoms with van der Waals surface area (Å²) in [5.41, 5.74) is 3.05. The van der Waals surface area contributed by atoms with Crippen LogP contribution in [0, 0.1) is 13.8 Å². The molecule has 3 rings (SSSR count). The van der Waals surface area contributed by atoms with Crippen molar-refractivity contribution in [1.29, 1.82) is 0 Å². The number of benzene rings is 1. The van der Waals surface area contributed by atoms with Gasteiger partial charge in [0.05, 0.1) is 16.6 Å². The molecule has 6 heteroatoms. The van der Waals surface area contributed by atoms with Gasteiger partial charge in [-0.05, 0) is 49.6 Å². The van der Waals surface area contributed by atoms with Gasteiger partial charge in [-0.25, -0.2) is 0 Å². The molecule has 0 unspecified atom stereocenters. The molecule has 3 aromatic rings. The maximum atomic E-state index is 12.9. The number of nitrogens with zero attached hydrogens (tertiary/aromatic N) is 1. The highest BCUT2D eigenvalue weighted by molar-refractivity contribution is 5.81. The Hall–Kier alpha value is -2.24. The molecular weight excluding hydrogens is 305 g/mol. The van der Waals surface area contributed by atoms with E-state index in [0.29, 0.717) is 11.0 Å². The van der Waals surface area contributed by atoms with Gasteiger partial charge in [0.15, 0.2) is 0 Å². The summed E-state index contributed by atoms with van der Waals surface area (Å²) in [6.07, 6.45) is -2.78. The Labute approximate surface area is 130 Å². The van der Waals surface area contributed by atoms with Crippen molar-refractivity contribution in [2.45, 2.75) is 39.8 Å². The molecule has 0 aliphatic rings. The van der Waals surface area contributed by atoms with E-state index in [4.69, 9.17) is 0 Å². The molecule has 0 fully saturated rings. The zero-order valence-corrected chi connectivity index (χ0v) is 13.1. The summed E-state index contributed by atoms with van der Waals surface area (Å²) in [5.74, 6) is 0. The number of H-pyrrole nitrogens is 1. The number of aromatic amines is 1. The van der Waals surface area contributed by atoms with Crippen LogP contribution in [-0.2, 0) is 12.6 Å². The van der Waals surface area contributed by atoms with E-state index in [9.17, 15) is 18.0 Å². The Bertz CT molecular complexity index is 964. The first-order chi connectivity index (χ1) is 10.8. The zero-order valence-electron chi connectivity index (χ0n) is 13.1. The van der Waals surface area contributed by atoms with Crippen LogP contribution in [0.1, 0.15) is 35.7 Å². The van der Waals surface area contributed by atoms with Crippen LogP contribution in [0.2, 0.25) is 0 Å². The van der Waals surface area contributed by atoms with Crippen molar-refractivity contribution >= 4 is 16.6 Å². The molecule has 2 heterocycles. The molecule has 0 aliphatic carbocycles. The quantitative estimate of drug-likeness (QED) is 0.747. The summed E-state index contributed by atoms with van der Waals surface area (Å²) >= 11 is 0. The lowest BCUT2D eigenvalue weighted by Gasteiger charge is -2.11. The van der Waals surface area contributed by atoms with Gasteiger partial charge in [0.1, 0.15) is 5.52 Å². The van der Waals surface area contributed by atoms with Crippen molar-refractivity contribution in [2.75, 3.05) is 0 Å². The number of halogens is 3. The topological polar surface area (TPSA) is 37.3 Å². The van der Waals surface area contributed by atoms with E-state index < -0.39 is 11.7 Å². The predicted molar refractivity (Wildman–Crippen MR) is 84.0 cm³/mol. The lowest BCUT2D eigenvalue weighted by atomic mass is 10.1. The maximum absolute atomic E-state index is 12.9. The summed E-state index contributed by atoms with van der Waals surface area (Å²) < 4.78 is 40.5. The van der Waals surface area contributed by atoms with Crippen molar-refractivity contribution in [2.24, 2.45) is 0 Å². The first-order valence-corrected chi connectivity index (χ1v) is 7.49. The highest BCUT2D eigenvalue weighted by Crippen LogP contribution is 2.32. The van der Waals surface area contributed by atoms with E-state index in [1.807, 2.05) is 25.2 Å². The molecule has 1 N–H and O–H groups in total. The summed E-state index contributed by atoms with van der Waals surface area (Å²) in [6, 6.07) is 3.48. The zero-order chi connectivity index (χ0) is 16.9. The Morgan fingerprint density at radius 2 is 1.87 bits per heavy atom. The number of hydrogen-bond acceptors (Lipinski definition) is 1. The number of fused-ring (bicyclic) bond motifs is 3. The fraction of sp³-hybridized carbons (Fsp3) is 0.353. The number of rotatable bonds is 2. The third kappa shape index (κ3) is 2.33. The number of nitrogens with one attached hydrogen (secondary N) is 1.